The third-order valence-corrected chi connectivity index (χ3v) is 2.29. The van der Waals surface area contributed by atoms with Crippen LogP contribution in [0.2, 0.25) is 0 Å². The molecule has 0 spiro atoms. The Kier molecular flexibility index (Phi) is 5.19. The van der Waals surface area contributed by atoms with Gasteiger partial charge in [-0.05, 0) is 37.6 Å². The van der Waals surface area contributed by atoms with Gasteiger partial charge in [-0.25, -0.2) is 0 Å². The first-order valence-electron chi connectivity index (χ1n) is 5.10. The van der Waals surface area contributed by atoms with Gasteiger partial charge in [-0.3, -0.25) is 4.79 Å². The maximum absolute atomic E-state index is 11.6. The van der Waals surface area contributed by atoms with Crippen LogP contribution in [-0.4, -0.2) is 18.3 Å². The number of Topliss-reactive ketones (excluding diaryl/α,β-unsaturated/α-hetero) is 1. The van der Waals surface area contributed by atoms with Gasteiger partial charge in [0.25, 0.3) is 0 Å². The molecule has 0 heterocycles. The minimum absolute atomic E-state index is 0.138. The van der Waals surface area contributed by atoms with Crippen LogP contribution in [-0.2, 0) is 0 Å². The van der Waals surface area contributed by atoms with Crippen molar-refractivity contribution in [3.05, 3.63) is 29.8 Å². The van der Waals surface area contributed by atoms with Gasteiger partial charge in [-0.15, -0.1) is 11.6 Å². The highest BCUT2D eigenvalue weighted by Crippen LogP contribution is 2.14. The lowest BCUT2D eigenvalue weighted by Crippen LogP contribution is -1.99. The number of hydrogen-bond acceptors (Lipinski definition) is 2. The van der Waals surface area contributed by atoms with Crippen LogP contribution in [0.3, 0.4) is 0 Å². The van der Waals surface area contributed by atoms with E-state index in [1.54, 1.807) is 12.1 Å². The summed E-state index contributed by atoms with van der Waals surface area (Å²) in [7, 11) is 0. The lowest BCUT2D eigenvalue weighted by Gasteiger charge is -2.03. The second-order valence-corrected chi connectivity index (χ2v) is 3.55. The Hall–Kier alpha value is -1.02. The fourth-order valence-electron chi connectivity index (χ4n) is 1.28. The molecule has 0 aliphatic rings. The molecule has 1 aromatic carbocycles. The second kappa shape index (κ2) is 6.46. The lowest BCUT2D eigenvalue weighted by atomic mass is 10.1. The monoisotopic (exact) mass is 226 g/mol. The molecule has 82 valence electrons. The number of carbonyl (C=O) groups excluding carboxylic acids is 1. The summed E-state index contributed by atoms with van der Waals surface area (Å²) in [5.74, 6) is 1.47. The minimum Gasteiger partial charge on any atom is -0.494 e. The fraction of sp³-hybridized carbons (Fsp3) is 0.417. The summed E-state index contributed by atoms with van der Waals surface area (Å²) in [4.78, 5) is 11.6. The van der Waals surface area contributed by atoms with Crippen LogP contribution in [0.4, 0.5) is 0 Å². The molecule has 0 aliphatic heterocycles. The quantitative estimate of drug-likeness (QED) is 0.550. The van der Waals surface area contributed by atoms with E-state index < -0.39 is 0 Å². The maximum Gasteiger partial charge on any atom is 0.162 e. The summed E-state index contributed by atoms with van der Waals surface area (Å²) < 4.78 is 5.29. The molecule has 0 saturated carbocycles. The predicted octanol–water partition coefficient (Wildman–Crippen LogP) is 3.29. The first-order chi connectivity index (χ1) is 7.27. The highest BCUT2D eigenvalue weighted by molar-refractivity contribution is 6.18. The standard InChI is InChI=1S/C12H15ClO2/c1-2-15-11-7-5-10(6-8-11)12(14)4-3-9-13/h5-8H,2-4,9H2,1H3. The maximum atomic E-state index is 11.6. The average Bonchev–Trinajstić information content (AvgIpc) is 2.27. The minimum atomic E-state index is 0.138. The lowest BCUT2D eigenvalue weighted by molar-refractivity contribution is 0.0982. The normalized spacial score (nSPS) is 10.0. The Labute approximate surface area is 95.2 Å². The number of ether oxygens (including phenoxy) is 1. The van der Waals surface area contributed by atoms with Crippen LogP contribution in [0.15, 0.2) is 24.3 Å². The molecule has 0 aromatic heterocycles. The van der Waals surface area contributed by atoms with Gasteiger partial charge in [0.2, 0.25) is 0 Å². The van der Waals surface area contributed by atoms with Crippen LogP contribution < -0.4 is 4.74 Å². The molecule has 0 radical (unpaired) electrons. The molecular weight excluding hydrogens is 212 g/mol. The molecule has 3 heteroatoms. The first kappa shape index (κ1) is 12.1. The van der Waals surface area contributed by atoms with Gasteiger partial charge in [0.15, 0.2) is 5.78 Å². The second-order valence-electron chi connectivity index (χ2n) is 3.17. The molecule has 2 nitrogen and oxygen atoms in total. The van der Waals surface area contributed by atoms with Crippen LogP contribution >= 0.6 is 11.6 Å². The molecular formula is C12H15ClO2. The summed E-state index contributed by atoms with van der Waals surface area (Å²) in [5.41, 5.74) is 0.726. The molecule has 0 saturated heterocycles. The topological polar surface area (TPSA) is 26.3 Å². The van der Waals surface area contributed by atoms with Gasteiger partial charge in [-0.2, -0.15) is 0 Å². The molecule has 0 bridgehead atoms. The molecule has 0 amide bonds. The Morgan fingerprint density at radius 2 is 2.00 bits per heavy atom. The summed E-state index contributed by atoms with van der Waals surface area (Å²) >= 11 is 5.53. The summed E-state index contributed by atoms with van der Waals surface area (Å²) in [6.07, 6.45) is 1.24. The number of benzene rings is 1. The molecule has 15 heavy (non-hydrogen) atoms. The third-order valence-electron chi connectivity index (χ3n) is 2.02. The van der Waals surface area contributed by atoms with E-state index in [0.29, 0.717) is 18.9 Å². The highest BCUT2D eigenvalue weighted by Gasteiger charge is 2.04. The molecule has 1 rings (SSSR count). The van der Waals surface area contributed by atoms with E-state index >= 15 is 0 Å². The summed E-state index contributed by atoms with van der Waals surface area (Å²) in [6.45, 7) is 2.57. The van der Waals surface area contributed by atoms with Crippen LogP contribution in [0.1, 0.15) is 30.1 Å². The van der Waals surface area contributed by atoms with E-state index in [0.717, 1.165) is 17.7 Å². The predicted molar refractivity (Wildman–Crippen MR) is 61.9 cm³/mol. The first-order valence-corrected chi connectivity index (χ1v) is 5.63. The van der Waals surface area contributed by atoms with E-state index in [1.165, 1.54) is 0 Å². The Morgan fingerprint density at radius 3 is 2.53 bits per heavy atom. The van der Waals surface area contributed by atoms with E-state index in [-0.39, 0.29) is 5.78 Å². The molecule has 1 aromatic rings. The third kappa shape index (κ3) is 3.92. The Morgan fingerprint density at radius 1 is 1.33 bits per heavy atom. The van der Waals surface area contributed by atoms with Crippen molar-refractivity contribution in [1.29, 1.82) is 0 Å². The number of rotatable bonds is 6. The van der Waals surface area contributed by atoms with Crippen LogP contribution in [0, 0.1) is 0 Å². The van der Waals surface area contributed by atoms with Gasteiger partial charge >= 0.3 is 0 Å². The molecule has 0 fully saturated rings. The van der Waals surface area contributed by atoms with Crippen molar-refractivity contribution in [2.45, 2.75) is 19.8 Å². The number of halogens is 1. The summed E-state index contributed by atoms with van der Waals surface area (Å²) in [6, 6.07) is 7.22. The van der Waals surface area contributed by atoms with Crippen molar-refractivity contribution in [2.75, 3.05) is 12.5 Å². The zero-order valence-corrected chi connectivity index (χ0v) is 9.59. The van der Waals surface area contributed by atoms with Gasteiger partial charge in [0.05, 0.1) is 6.61 Å². The molecule has 0 unspecified atom stereocenters. The zero-order chi connectivity index (χ0) is 11.1. The van der Waals surface area contributed by atoms with Crippen molar-refractivity contribution in [3.63, 3.8) is 0 Å². The Bertz CT molecular complexity index is 306. The largest absolute Gasteiger partial charge is 0.494 e. The van der Waals surface area contributed by atoms with E-state index in [4.69, 9.17) is 16.3 Å². The molecule has 0 atom stereocenters. The van der Waals surface area contributed by atoms with Gasteiger partial charge < -0.3 is 4.74 Å². The van der Waals surface area contributed by atoms with Crippen LogP contribution in [0.25, 0.3) is 0 Å². The fourth-order valence-corrected chi connectivity index (χ4v) is 1.41. The average molecular weight is 227 g/mol. The van der Waals surface area contributed by atoms with Gasteiger partial charge in [0, 0.05) is 17.9 Å². The van der Waals surface area contributed by atoms with Gasteiger partial charge in [-0.1, -0.05) is 0 Å². The van der Waals surface area contributed by atoms with Gasteiger partial charge in [0.1, 0.15) is 5.75 Å². The SMILES string of the molecule is CCOc1ccc(C(=O)CCCCl)cc1. The van der Waals surface area contributed by atoms with E-state index in [9.17, 15) is 4.79 Å². The number of carbonyl (C=O) groups is 1. The highest BCUT2D eigenvalue weighted by atomic mass is 35.5. The molecule has 0 aliphatic carbocycles. The van der Waals surface area contributed by atoms with E-state index in [2.05, 4.69) is 0 Å². The smallest absolute Gasteiger partial charge is 0.162 e. The number of hydrogen-bond donors (Lipinski definition) is 0. The summed E-state index contributed by atoms with van der Waals surface area (Å²) in [5, 5.41) is 0. The van der Waals surface area contributed by atoms with Crippen LogP contribution in [0.5, 0.6) is 5.75 Å². The Balaban J connectivity index is 2.58. The van der Waals surface area contributed by atoms with Crippen molar-refractivity contribution < 1.29 is 9.53 Å². The van der Waals surface area contributed by atoms with Crippen molar-refractivity contribution in [2.24, 2.45) is 0 Å². The molecule has 0 N–H and O–H groups in total. The van der Waals surface area contributed by atoms with Crippen molar-refractivity contribution >= 4 is 17.4 Å². The number of ketones is 1. The van der Waals surface area contributed by atoms with E-state index in [1.807, 2.05) is 19.1 Å². The van der Waals surface area contributed by atoms with Crippen molar-refractivity contribution in [3.8, 4) is 5.75 Å². The van der Waals surface area contributed by atoms with Crippen molar-refractivity contribution in [1.82, 2.24) is 0 Å². The zero-order valence-electron chi connectivity index (χ0n) is 8.83. The number of alkyl halides is 1.